The number of carbonyl (C=O) groups is 1. The molecule has 0 saturated heterocycles. The molecule has 7 heteroatoms. The molecule has 0 aliphatic heterocycles. The van der Waals surface area contributed by atoms with E-state index in [9.17, 15) is 18.0 Å². The topological polar surface area (TPSA) is 42.4 Å². The fourth-order valence-corrected chi connectivity index (χ4v) is 2.71. The third-order valence-electron chi connectivity index (χ3n) is 4.59. The first-order valence-electron chi connectivity index (χ1n) is 9.12. The van der Waals surface area contributed by atoms with Crippen molar-refractivity contribution in [3.8, 4) is 11.5 Å². The van der Waals surface area contributed by atoms with Gasteiger partial charge in [-0.3, -0.25) is 9.78 Å². The molecule has 30 heavy (non-hydrogen) atoms. The Labute approximate surface area is 172 Å². The minimum atomic E-state index is -0.972. The number of pyridine rings is 1. The highest BCUT2D eigenvalue weighted by Crippen LogP contribution is 2.25. The van der Waals surface area contributed by atoms with Crippen LogP contribution in [0, 0.1) is 17.5 Å². The predicted molar refractivity (Wildman–Crippen MR) is 107 cm³/mol. The summed E-state index contributed by atoms with van der Waals surface area (Å²) in [6, 6.07) is 10.7. The second-order valence-corrected chi connectivity index (χ2v) is 6.61. The van der Waals surface area contributed by atoms with E-state index in [1.54, 1.807) is 38.4 Å². The maximum absolute atomic E-state index is 14.3. The van der Waals surface area contributed by atoms with Crippen molar-refractivity contribution in [2.75, 3.05) is 7.05 Å². The van der Waals surface area contributed by atoms with Crippen molar-refractivity contribution in [3.63, 3.8) is 0 Å². The van der Waals surface area contributed by atoms with E-state index in [0.717, 1.165) is 12.1 Å². The van der Waals surface area contributed by atoms with Crippen LogP contribution in [0.5, 0.6) is 11.5 Å². The molecular weight excluding hydrogens is 393 g/mol. The van der Waals surface area contributed by atoms with Crippen molar-refractivity contribution in [2.45, 2.75) is 13.0 Å². The van der Waals surface area contributed by atoms with Crippen LogP contribution in [0.1, 0.15) is 24.1 Å². The van der Waals surface area contributed by atoms with Gasteiger partial charge in [0.05, 0.1) is 12.2 Å². The van der Waals surface area contributed by atoms with E-state index in [0.29, 0.717) is 16.9 Å². The summed E-state index contributed by atoms with van der Waals surface area (Å²) in [5, 5.41) is 0. The molecule has 3 aromatic rings. The van der Waals surface area contributed by atoms with Gasteiger partial charge in [0, 0.05) is 19.3 Å². The van der Waals surface area contributed by atoms with Crippen LogP contribution in [-0.2, 0) is 4.79 Å². The van der Waals surface area contributed by atoms with Gasteiger partial charge in [0.2, 0.25) is 5.91 Å². The molecule has 0 spiro atoms. The lowest BCUT2D eigenvalue weighted by atomic mass is 10.1. The minimum Gasteiger partial charge on any atom is -0.453 e. The number of rotatable bonds is 6. The Balaban J connectivity index is 1.67. The Bertz CT molecular complexity index is 1070. The summed E-state index contributed by atoms with van der Waals surface area (Å²) in [5.74, 6) is -2.43. The average Bonchev–Trinajstić information content (AvgIpc) is 2.75. The third-order valence-corrected chi connectivity index (χ3v) is 4.59. The molecule has 1 heterocycles. The van der Waals surface area contributed by atoms with E-state index in [-0.39, 0.29) is 11.7 Å². The molecular formula is C23H19F3N2O2. The molecule has 1 atom stereocenters. The number of benzene rings is 2. The molecule has 0 fully saturated rings. The van der Waals surface area contributed by atoms with Gasteiger partial charge in [0.1, 0.15) is 5.75 Å². The number of aromatic nitrogens is 1. The molecule has 3 rings (SSSR count). The second-order valence-electron chi connectivity index (χ2n) is 6.61. The molecule has 1 aromatic heterocycles. The highest BCUT2D eigenvalue weighted by atomic mass is 19.2. The van der Waals surface area contributed by atoms with Crippen LogP contribution in [0.25, 0.3) is 6.08 Å². The van der Waals surface area contributed by atoms with Crippen LogP contribution >= 0.6 is 0 Å². The van der Waals surface area contributed by atoms with E-state index in [1.807, 2.05) is 0 Å². The average molecular weight is 412 g/mol. The van der Waals surface area contributed by atoms with Gasteiger partial charge in [-0.05, 0) is 60.5 Å². The van der Waals surface area contributed by atoms with Crippen LogP contribution < -0.4 is 4.74 Å². The van der Waals surface area contributed by atoms with Crippen molar-refractivity contribution in [1.82, 2.24) is 9.88 Å². The highest BCUT2D eigenvalue weighted by molar-refractivity contribution is 5.91. The van der Waals surface area contributed by atoms with Gasteiger partial charge in [-0.25, -0.2) is 13.2 Å². The van der Waals surface area contributed by atoms with Gasteiger partial charge in [-0.1, -0.05) is 12.1 Å². The van der Waals surface area contributed by atoms with Crippen LogP contribution in [0.15, 0.2) is 67.0 Å². The fraction of sp³-hybridized carbons (Fsp3) is 0.130. The number of carbonyl (C=O) groups excluding carboxylic acids is 1. The van der Waals surface area contributed by atoms with Crippen LogP contribution in [0.2, 0.25) is 0 Å². The second kappa shape index (κ2) is 9.26. The molecule has 4 nitrogen and oxygen atoms in total. The van der Waals surface area contributed by atoms with Crippen molar-refractivity contribution in [1.29, 1.82) is 0 Å². The number of likely N-dealkylation sites (N-methyl/N-ethyl adjacent to an activating group) is 1. The lowest BCUT2D eigenvalue weighted by Gasteiger charge is -2.24. The molecule has 0 saturated carbocycles. The zero-order chi connectivity index (χ0) is 21.7. The van der Waals surface area contributed by atoms with Gasteiger partial charge >= 0.3 is 0 Å². The summed E-state index contributed by atoms with van der Waals surface area (Å²) in [4.78, 5) is 17.7. The zero-order valence-corrected chi connectivity index (χ0v) is 16.4. The first-order valence-corrected chi connectivity index (χ1v) is 9.12. The molecule has 154 valence electrons. The van der Waals surface area contributed by atoms with Crippen molar-refractivity contribution >= 4 is 12.0 Å². The number of hydrogen-bond donors (Lipinski definition) is 0. The smallest absolute Gasteiger partial charge is 0.246 e. The van der Waals surface area contributed by atoms with Crippen LogP contribution in [0.3, 0.4) is 0 Å². The summed E-state index contributed by atoms with van der Waals surface area (Å²) in [6.07, 6.45) is 5.80. The maximum Gasteiger partial charge on any atom is 0.246 e. The van der Waals surface area contributed by atoms with Gasteiger partial charge in [0.15, 0.2) is 23.2 Å². The van der Waals surface area contributed by atoms with Crippen LogP contribution in [-0.4, -0.2) is 22.8 Å². The van der Waals surface area contributed by atoms with Gasteiger partial charge in [0.25, 0.3) is 0 Å². The maximum atomic E-state index is 14.3. The number of nitrogens with zero attached hydrogens (tertiary/aromatic N) is 2. The summed E-state index contributed by atoms with van der Waals surface area (Å²) in [5.41, 5.74) is 0.925. The summed E-state index contributed by atoms with van der Waals surface area (Å²) in [6.45, 7) is 1.70. The first-order chi connectivity index (χ1) is 14.3. The lowest BCUT2D eigenvalue weighted by molar-refractivity contribution is -0.126. The normalized spacial score (nSPS) is 12.0. The number of ether oxygens (including phenoxy) is 1. The Morgan fingerprint density at radius 3 is 2.53 bits per heavy atom. The monoisotopic (exact) mass is 412 g/mol. The van der Waals surface area contributed by atoms with Gasteiger partial charge < -0.3 is 9.64 Å². The van der Waals surface area contributed by atoms with E-state index < -0.39 is 23.5 Å². The van der Waals surface area contributed by atoms with Crippen molar-refractivity contribution < 1.29 is 22.7 Å². The van der Waals surface area contributed by atoms with Crippen molar-refractivity contribution in [2.24, 2.45) is 0 Å². The SMILES string of the molecule is CC(c1ccc(F)c(F)c1)N(C)C(=O)/C=C/c1ccc(Oc2cccnc2)c(F)c1. The highest BCUT2D eigenvalue weighted by Gasteiger charge is 2.17. The molecule has 0 aliphatic rings. The standard InChI is InChI=1S/C23H19F3N2O2/c1-15(17-7-8-19(24)20(25)13-17)28(2)23(29)10-6-16-5-9-22(21(26)12-16)30-18-4-3-11-27-14-18/h3-15H,1-2H3/b10-6+. The summed E-state index contributed by atoms with van der Waals surface area (Å²) in [7, 11) is 1.55. The Morgan fingerprint density at radius 2 is 1.87 bits per heavy atom. The molecule has 0 radical (unpaired) electrons. The summed E-state index contributed by atoms with van der Waals surface area (Å²) < 4.78 is 46.3. The third kappa shape index (κ3) is 5.05. The summed E-state index contributed by atoms with van der Waals surface area (Å²) >= 11 is 0. The van der Waals surface area contributed by atoms with E-state index in [4.69, 9.17) is 4.74 Å². The Kier molecular flexibility index (Phi) is 6.51. The molecule has 0 bridgehead atoms. The van der Waals surface area contributed by atoms with Gasteiger partial charge in [-0.2, -0.15) is 0 Å². The van der Waals surface area contributed by atoms with E-state index in [2.05, 4.69) is 4.98 Å². The number of amides is 1. The first kappa shape index (κ1) is 21.1. The predicted octanol–water partition coefficient (Wildman–Crippen LogP) is 5.52. The Morgan fingerprint density at radius 1 is 1.07 bits per heavy atom. The van der Waals surface area contributed by atoms with E-state index >= 15 is 0 Å². The number of hydrogen-bond acceptors (Lipinski definition) is 3. The fourth-order valence-electron chi connectivity index (χ4n) is 2.71. The quantitative estimate of drug-likeness (QED) is 0.501. The van der Waals surface area contributed by atoms with Crippen LogP contribution in [0.4, 0.5) is 13.2 Å². The lowest BCUT2D eigenvalue weighted by Crippen LogP contribution is -2.28. The zero-order valence-electron chi connectivity index (χ0n) is 16.4. The molecule has 2 aromatic carbocycles. The molecule has 1 amide bonds. The van der Waals surface area contributed by atoms with Crippen molar-refractivity contribution in [3.05, 3.63) is 95.6 Å². The molecule has 1 unspecified atom stereocenters. The molecule has 0 aliphatic carbocycles. The molecule has 0 N–H and O–H groups in total. The number of halogens is 3. The minimum absolute atomic E-state index is 0.0375. The van der Waals surface area contributed by atoms with Gasteiger partial charge in [-0.15, -0.1) is 0 Å². The Hall–Kier alpha value is -3.61. The van der Waals surface area contributed by atoms with E-state index in [1.165, 1.54) is 41.4 Å². The largest absolute Gasteiger partial charge is 0.453 e.